The maximum absolute atomic E-state index is 10.6. The molecule has 17 heavy (non-hydrogen) atoms. The molecule has 2 heteroatoms. The second kappa shape index (κ2) is 10.4. The maximum atomic E-state index is 10.6. The third kappa shape index (κ3) is 8.96. The minimum atomic E-state index is -0.791. The summed E-state index contributed by atoms with van der Waals surface area (Å²) in [5, 5.41) is 8.74. The summed E-state index contributed by atoms with van der Waals surface area (Å²) in [6.45, 7) is 6.14. The Balaban J connectivity index is 3.74. The highest BCUT2D eigenvalue weighted by molar-refractivity contribution is 5.85. The van der Waals surface area contributed by atoms with Crippen LogP contribution >= 0.6 is 0 Å². The van der Waals surface area contributed by atoms with Gasteiger partial charge in [0, 0.05) is 5.57 Å². The molecule has 0 fully saturated rings. The van der Waals surface area contributed by atoms with Crippen LogP contribution in [0.5, 0.6) is 0 Å². The van der Waals surface area contributed by atoms with Crippen molar-refractivity contribution in [2.45, 2.75) is 72.1 Å². The first kappa shape index (κ1) is 16.2. The Bertz CT molecular complexity index is 231. The number of rotatable bonds is 10. The molecule has 0 heterocycles. The second-order valence-electron chi connectivity index (χ2n) is 4.89. The molecule has 0 bridgehead atoms. The van der Waals surface area contributed by atoms with Crippen molar-refractivity contribution < 1.29 is 9.90 Å². The third-order valence-corrected chi connectivity index (χ3v) is 3.41. The van der Waals surface area contributed by atoms with Crippen LogP contribution in [0.3, 0.4) is 0 Å². The Morgan fingerprint density at radius 2 is 1.88 bits per heavy atom. The van der Waals surface area contributed by atoms with Crippen molar-refractivity contribution in [3.63, 3.8) is 0 Å². The van der Waals surface area contributed by atoms with Crippen molar-refractivity contribution in [1.29, 1.82) is 0 Å². The molecule has 0 spiro atoms. The summed E-state index contributed by atoms with van der Waals surface area (Å²) in [5.74, 6) is -0.0225. The highest BCUT2D eigenvalue weighted by Crippen LogP contribution is 2.20. The van der Waals surface area contributed by atoms with Gasteiger partial charge in [0.15, 0.2) is 0 Å². The lowest BCUT2D eigenvalue weighted by Crippen LogP contribution is -2.00. The van der Waals surface area contributed by atoms with E-state index in [1.165, 1.54) is 38.5 Å². The SMILES string of the molecule is CCCCCCC(CC)CCC=C(C)C(=O)O. The molecule has 0 rings (SSSR count). The smallest absolute Gasteiger partial charge is 0.330 e. The molecular weight excluding hydrogens is 212 g/mol. The maximum Gasteiger partial charge on any atom is 0.330 e. The molecule has 1 unspecified atom stereocenters. The van der Waals surface area contributed by atoms with Gasteiger partial charge in [-0.25, -0.2) is 4.79 Å². The van der Waals surface area contributed by atoms with E-state index in [-0.39, 0.29) is 0 Å². The summed E-state index contributed by atoms with van der Waals surface area (Å²) in [7, 11) is 0. The summed E-state index contributed by atoms with van der Waals surface area (Å²) in [4.78, 5) is 10.6. The number of aliphatic carboxylic acids is 1. The number of hydrogen-bond acceptors (Lipinski definition) is 1. The molecule has 0 radical (unpaired) electrons. The summed E-state index contributed by atoms with van der Waals surface area (Å²) < 4.78 is 0. The molecule has 2 nitrogen and oxygen atoms in total. The fourth-order valence-electron chi connectivity index (χ4n) is 2.04. The molecule has 0 aliphatic carbocycles. The Morgan fingerprint density at radius 1 is 1.18 bits per heavy atom. The lowest BCUT2D eigenvalue weighted by molar-refractivity contribution is -0.132. The summed E-state index contributed by atoms with van der Waals surface area (Å²) in [6, 6.07) is 0. The van der Waals surface area contributed by atoms with E-state index >= 15 is 0 Å². The minimum Gasteiger partial charge on any atom is -0.478 e. The van der Waals surface area contributed by atoms with E-state index in [1.807, 2.05) is 6.08 Å². The summed E-state index contributed by atoms with van der Waals surface area (Å²) >= 11 is 0. The summed E-state index contributed by atoms with van der Waals surface area (Å²) in [6.07, 6.45) is 11.7. The monoisotopic (exact) mass is 240 g/mol. The van der Waals surface area contributed by atoms with Crippen LogP contribution in [0, 0.1) is 5.92 Å². The number of hydrogen-bond donors (Lipinski definition) is 1. The van der Waals surface area contributed by atoms with E-state index in [4.69, 9.17) is 5.11 Å². The van der Waals surface area contributed by atoms with Crippen molar-refractivity contribution in [1.82, 2.24) is 0 Å². The minimum absolute atomic E-state index is 0.478. The van der Waals surface area contributed by atoms with Crippen LogP contribution in [0.25, 0.3) is 0 Å². The van der Waals surface area contributed by atoms with Crippen molar-refractivity contribution in [2.75, 3.05) is 0 Å². The van der Waals surface area contributed by atoms with Gasteiger partial charge in [0.2, 0.25) is 0 Å². The zero-order valence-corrected chi connectivity index (χ0v) is 11.7. The predicted molar refractivity (Wildman–Crippen MR) is 73.2 cm³/mol. The highest BCUT2D eigenvalue weighted by atomic mass is 16.4. The van der Waals surface area contributed by atoms with Gasteiger partial charge in [0.05, 0.1) is 0 Å². The highest BCUT2D eigenvalue weighted by Gasteiger charge is 2.06. The van der Waals surface area contributed by atoms with E-state index < -0.39 is 5.97 Å². The van der Waals surface area contributed by atoms with Gasteiger partial charge < -0.3 is 5.11 Å². The zero-order valence-electron chi connectivity index (χ0n) is 11.7. The molecule has 0 saturated carbocycles. The van der Waals surface area contributed by atoms with Crippen molar-refractivity contribution in [3.8, 4) is 0 Å². The molecule has 0 aromatic heterocycles. The fourth-order valence-corrected chi connectivity index (χ4v) is 2.04. The van der Waals surface area contributed by atoms with Gasteiger partial charge in [-0.1, -0.05) is 58.4 Å². The van der Waals surface area contributed by atoms with E-state index in [0.717, 1.165) is 18.8 Å². The molecule has 1 atom stereocenters. The Morgan fingerprint density at radius 3 is 2.41 bits per heavy atom. The number of unbranched alkanes of at least 4 members (excludes halogenated alkanes) is 3. The third-order valence-electron chi connectivity index (χ3n) is 3.41. The normalized spacial score (nSPS) is 13.7. The van der Waals surface area contributed by atoms with Crippen LogP contribution < -0.4 is 0 Å². The number of carboxylic acid groups (broad SMARTS) is 1. The van der Waals surface area contributed by atoms with E-state index in [1.54, 1.807) is 6.92 Å². The van der Waals surface area contributed by atoms with Gasteiger partial charge in [0.1, 0.15) is 0 Å². The Labute approximate surface area is 106 Å². The molecule has 1 N–H and O–H groups in total. The molecule has 0 aromatic rings. The van der Waals surface area contributed by atoms with Crippen molar-refractivity contribution in [2.24, 2.45) is 5.92 Å². The van der Waals surface area contributed by atoms with Crippen molar-refractivity contribution in [3.05, 3.63) is 11.6 Å². The van der Waals surface area contributed by atoms with Gasteiger partial charge in [-0.3, -0.25) is 0 Å². The average molecular weight is 240 g/mol. The molecular formula is C15H28O2. The molecule has 0 aromatic carbocycles. The first-order chi connectivity index (χ1) is 8.11. The van der Waals surface area contributed by atoms with Crippen LogP contribution in [0.1, 0.15) is 72.1 Å². The van der Waals surface area contributed by atoms with Gasteiger partial charge in [0.25, 0.3) is 0 Å². The number of carboxylic acids is 1. The van der Waals surface area contributed by atoms with Gasteiger partial charge in [-0.15, -0.1) is 0 Å². The first-order valence-corrected chi connectivity index (χ1v) is 7.01. The van der Waals surface area contributed by atoms with Crippen LogP contribution in [-0.2, 0) is 4.79 Å². The predicted octanol–water partition coefficient (Wildman–Crippen LogP) is 4.79. The average Bonchev–Trinajstić information content (AvgIpc) is 2.31. The van der Waals surface area contributed by atoms with Crippen LogP contribution in [0.15, 0.2) is 11.6 Å². The topological polar surface area (TPSA) is 37.3 Å². The lowest BCUT2D eigenvalue weighted by atomic mass is 9.93. The van der Waals surface area contributed by atoms with Crippen molar-refractivity contribution >= 4 is 5.97 Å². The molecule has 0 aliphatic heterocycles. The lowest BCUT2D eigenvalue weighted by Gasteiger charge is -2.13. The largest absolute Gasteiger partial charge is 0.478 e. The second-order valence-corrected chi connectivity index (χ2v) is 4.89. The number of carbonyl (C=O) groups is 1. The van der Waals surface area contributed by atoms with E-state index in [0.29, 0.717) is 5.57 Å². The zero-order chi connectivity index (χ0) is 13.1. The Hall–Kier alpha value is -0.790. The molecule has 0 amide bonds. The van der Waals surface area contributed by atoms with Gasteiger partial charge in [-0.2, -0.15) is 0 Å². The van der Waals surface area contributed by atoms with Crippen LogP contribution in [0.4, 0.5) is 0 Å². The quantitative estimate of drug-likeness (QED) is 0.440. The Kier molecular flexibility index (Phi) is 9.89. The van der Waals surface area contributed by atoms with E-state index in [9.17, 15) is 4.79 Å². The summed E-state index contributed by atoms with van der Waals surface area (Å²) in [5.41, 5.74) is 0.478. The molecule has 100 valence electrons. The molecule has 0 saturated heterocycles. The first-order valence-electron chi connectivity index (χ1n) is 7.01. The fraction of sp³-hybridized carbons (Fsp3) is 0.800. The number of allylic oxidation sites excluding steroid dienone is 1. The standard InChI is InChI=1S/C15H28O2/c1-4-6-7-8-11-14(5-2)12-9-10-13(3)15(16)17/h10,14H,4-9,11-12H2,1-3H3,(H,16,17). The van der Waals surface area contributed by atoms with E-state index in [2.05, 4.69) is 13.8 Å². The molecule has 0 aliphatic rings. The van der Waals surface area contributed by atoms with Gasteiger partial charge >= 0.3 is 5.97 Å². The van der Waals surface area contributed by atoms with Crippen LogP contribution in [0.2, 0.25) is 0 Å². The van der Waals surface area contributed by atoms with Crippen LogP contribution in [-0.4, -0.2) is 11.1 Å². The van der Waals surface area contributed by atoms with Gasteiger partial charge in [-0.05, 0) is 25.7 Å².